The molecule has 0 aromatic carbocycles. The van der Waals surface area contributed by atoms with Crippen LogP contribution in [0, 0.1) is 5.92 Å². The lowest BCUT2D eigenvalue weighted by Crippen LogP contribution is -2.40. The summed E-state index contributed by atoms with van der Waals surface area (Å²) in [7, 11) is 0. The Balaban J connectivity index is 4.74. The van der Waals surface area contributed by atoms with E-state index in [0.717, 1.165) is 0 Å². The van der Waals surface area contributed by atoms with Gasteiger partial charge in [0, 0.05) is 12.8 Å². The summed E-state index contributed by atoms with van der Waals surface area (Å²) in [4.78, 5) is 79.1. The Kier molecular flexibility index (Phi) is 11.6. The normalized spacial score (nSPS) is 14.4. The van der Waals surface area contributed by atoms with Gasteiger partial charge in [-0.25, -0.2) is 4.79 Å². The average Bonchev–Trinajstić information content (AvgIpc) is 2.67. The second kappa shape index (κ2) is 13.0. The van der Waals surface area contributed by atoms with Crippen molar-refractivity contribution >= 4 is 41.8 Å². The molecule has 0 aliphatic rings. The van der Waals surface area contributed by atoms with Crippen LogP contribution in [0.4, 0.5) is 0 Å². The molecule has 0 saturated carbocycles. The molecule has 0 spiro atoms. The molecule has 0 bridgehead atoms. The molecule has 0 aromatic rings. The first kappa shape index (κ1) is 27.6. The summed E-state index contributed by atoms with van der Waals surface area (Å²) < 4.78 is 8.64. The number of rotatable bonds is 13. The molecule has 31 heavy (non-hydrogen) atoms. The number of ether oxygens (including phenoxy) is 2. The van der Waals surface area contributed by atoms with Crippen LogP contribution >= 0.6 is 0 Å². The zero-order valence-corrected chi connectivity index (χ0v) is 16.1. The molecule has 0 rings (SSSR count). The first-order valence-electron chi connectivity index (χ1n) is 8.70. The second-order valence-electron chi connectivity index (χ2n) is 6.29. The van der Waals surface area contributed by atoms with Crippen molar-refractivity contribution < 1.29 is 58.4 Å². The smallest absolute Gasteiger partial charge is 0.330 e. The van der Waals surface area contributed by atoms with E-state index in [1.807, 2.05) is 0 Å². The lowest BCUT2D eigenvalue weighted by Gasteiger charge is -2.15. The maximum Gasteiger partial charge on any atom is 0.330 e. The Morgan fingerprint density at radius 3 is 1.35 bits per heavy atom. The van der Waals surface area contributed by atoms with Crippen molar-refractivity contribution in [2.24, 2.45) is 23.1 Å². The molecule has 0 aromatic heterocycles. The molecule has 0 fully saturated rings. The van der Waals surface area contributed by atoms with Crippen LogP contribution in [-0.2, 0) is 43.0 Å². The van der Waals surface area contributed by atoms with Gasteiger partial charge in [0.05, 0.1) is 0 Å². The van der Waals surface area contributed by atoms with Crippen LogP contribution in [0.15, 0.2) is 0 Å². The van der Waals surface area contributed by atoms with Gasteiger partial charge in [-0.05, 0) is 19.3 Å². The molecule has 15 heteroatoms. The molecule has 0 aliphatic carbocycles. The fourth-order valence-electron chi connectivity index (χ4n) is 1.91. The van der Waals surface area contributed by atoms with Crippen LogP contribution in [0.2, 0.25) is 0 Å². The molecular formula is C16H23N3O12. The zero-order chi connectivity index (χ0) is 24.3. The van der Waals surface area contributed by atoms with Crippen molar-refractivity contribution in [2.45, 2.75) is 50.2 Å². The number of carbonyl (C=O) groups is 7. The highest BCUT2D eigenvalue weighted by atomic mass is 16.6. The lowest BCUT2D eigenvalue weighted by atomic mass is 10.0. The first-order chi connectivity index (χ1) is 14.3. The van der Waals surface area contributed by atoms with Crippen molar-refractivity contribution in [2.75, 3.05) is 0 Å². The number of carbonyl (C=O) groups excluding carboxylic acids is 4. The quantitative estimate of drug-likeness (QED) is 0.120. The molecule has 0 saturated heterocycles. The Labute approximate surface area is 174 Å². The van der Waals surface area contributed by atoms with E-state index in [2.05, 4.69) is 9.47 Å². The van der Waals surface area contributed by atoms with E-state index < -0.39 is 85.1 Å². The van der Waals surface area contributed by atoms with Gasteiger partial charge < -0.3 is 42.0 Å². The molecule has 0 radical (unpaired) electrons. The van der Waals surface area contributed by atoms with Crippen LogP contribution in [0.5, 0.6) is 0 Å². The van der Waals surface area contributed by atoms with Crippen molar-refractivity contribution in [3.8, 4) is 0 Å². The highest BCUT2D eigenvalue weighted by Crippen LogP contribution is 2.12. The summed E-state index contributed by atoms with van der Waals surface area (Å²) in [6, 6.07) is -4.55. The van der Waals surface area contributed by atoms with E-state index in [4.69, 9.17) is 32.5 Å². The molecule has 0 amide bonds. The fourth-order valence-corrected chi connectivity index (χ4v) is 1.91. The second-order valence-corrected chi connectivity index (χ2v) is 6.29. The zero-order valence-electron chi connectivity index (χ0n) is 16.1. The van der Waals surface area contributed by atoms with E-state index in [-0.39, 0.29) is 12.8 Å². The third-order valence-electron chi connectivity index (χ3n) is 3.76. The fraction of sp³-hybridized carbons (Fsp3) is 0.562. The van der Waals surface area contributed by atoms with Gasteiger partial charge in [-0.2, -0.15) is 0 Å². The Hall–Kier alpha value is -3.43. The summed E-state index contributed by atoms with van der Waals surface area (Å²) in [6.45, 7) is 0. The summed E-state index contributed by atoms with van der Waals surface area (Å²) >= 11 is 0. The van der Waals surface area contributed by atoms with Gasteiger partial charge >= 0.3 is 41.8 Å². The predicted molar refractivity (Wildman–Crippen MR) is 95.6 cm³/mol. The van der Waals surface area contributed by atoms with E-state index >= 15 is 0 Å². The largest absolute Gasteiger partial charge is 0.481 e. The summed E-state index contributed by atoms with van der Waals surface area (Å²) in [5, 5.41) is 26.3. The van der Waals surface area contributed by atoms with Gasteiger partial charge in [-0.3, -0.25) is 28.8 Å². The maximum atomic E-state index is 11.9. The third kappa shape index (κ3) is 10.8. The molecule has 174 valence electrons. The van der Waals surface area contributed by atoms with Crippen molar-refractivity contribution in [1.29, 1.82) is 0 Å². The molecule has 9 N–H and O–H groups in total. The van der Waals surface area contributed by atoms with Gasteiger partial charge in [-0.1, -0.05) is 0 Å². The van der Waals surface area contributed by atoms with Gasteiger partial charge in [0.2, 0.25) is 0 Å². The Morgan fingerprint density at radius 1 is 0.613 bits per heavy atom. The Morgan fingerprint density at radius 2 is 1.00 bits per heavy atom. The molecule has 4 atom stereocenters. The number of esters is 4. The number of hydrogen-bond acceptors (Lipinski definition) is 12. The summed E-state index contributed by atoms with van der Waals surface area (Å²) in [5.41, 5.74) is 15.8. The van der Waals surface area contributed by atoms with Crippen LogP contribution in [0.25, 0.3) is 0 Å². The van der Waals surface area contributed by atoms with E-state index in [9.17, 15) is 33.6 Å². The number of carboxylic acids is 3. The SMILES string of the molecule is N[C@H](CCC(=O)OC(=O)C(C[C@H](N)C(=O)OC(=O)CC[C@@H](N)C(=O)O)C(=O)O)C(=O)O. The number of carboxylic acid groups (broad SMARTS) is 3. The predicted octanol–water partition coefficient (Wildman–Crippen LogP) is -3.07. The van der Waals surface area contributed by atoms with Gasteiger partial charge in [0.1, 0.15) is 18.1 Å². The topological polar surface area (TPSA) is 277 Å². The van der Waals surface area contributed by atoms with Crippen molar-refractivity contribution in [3.63, 3.8) is 0 Å². The summed E-state index contributed by atoms with van der Waals surface area (Å²) in [6.07, 6.45) is -2.74. The minimum atomic E-state index is -2.07. The summed E-state index contributed by atoms with van der Waals surface area (Å²) in [5.74, 6) is -12.0. The molecule has 0 aliphatic heterocycles. The average molecular weight is 449 g/mol. The van der Waals surface area contributed by atoms with Gasteiger partial charge in [0.25, 0.3) is 0 Å². The van der Waals surface area contributed by atoms with Crippen LogP contribution in [0.1, 0.15) is 32.1 Å². The van der Waals surface area contributed by atoms with Gasteiger partial charge in [0.15, 0.2) is 5.92 Å². The number of nitrogens with two attached hydrogens (primary N) is 3. The van der Waals surface area contributed by atoms with E-state index in [0.29, 0.717) is 0 Å². The van der Waals surface area contributed by atoms with Crippen molar-refractivity contribution in [1.82, 2.24) is 0 Å². The van der Waals surface area contributed by atoms with E-state index in [1.165, 1.54) is 0 Å². The van der Waals surface area contributed by atoms with E-state index in [1.54, 1.807) is 0 Å². The minimum Gasteiger partial charge on any atom is -0.481 e. The minimum absolute atomic E-state index is 0.339. The third-order valence-corrected chi connectivity index (χ3v) is 3.76. The lowest BCUT2D eigenvalue weighted by molar-refractivity contribution is -0.167. The highest BCUT2D eigenvalue weighted by molar-refractivity contribution is 5.99. The number of aliphatic carboxylic acids is 3. The Bertz CT molecular complexity index is 737. The molecule has 1 unspecified atom stereocenters. The first-order valence-corrected chi connectivity index (χ1v) is 8.70. The van der Waals surface area contributed by atoms with Crippen molar-refractivity contribution in [3.05, 3.63) is 0 Å². The van der Waals surface area contributed by atoms with Gasteiger partial charge in [-0.15, -0.1) is 0 Å². The number of hydrogen-bond donors (Lipinski definition) is 6. The van der Waals surface area contributed by atoms with Crippen LogP contribution < -0.4 is 17.2 Å². The highest BCUT2D eigenvalue weighted by Gasteiger charge is 2.34. The maximum absolute atomic E-state index is 11.9. The molecule has 0 heterocycles. The van der Waals surface area contributed by atoms with Crippen LogP contribution in [0.3, 0.4) is 0 Å². The molecular weight excluding hydrogens is 426 g/mol. The standard InChI is InChI=1S/C16H23N3O12/c17-7(13(24)25)1-3-10(20)30-15(28)6(12(22)23)5-9(19)16(29)31-11(21)4-2-8(18)14(26)27/h6-9H,1-5,17-19H2,(H,22,23)(H,24,25)(H,26,27)/t6?,7-,8-,9+/m1/s1. The monoisotopic (exact) mass is 449 g/mol. The van der Waals surface area contributed by atoms with Crippen LogP contribution in [-0.4, -0.2) is 75.2 Å². The molecule has 15 nitrogen and oxygen atoms in total.